The highest BCUT2D eigenvalue weighted by Gasteiger charge is 2.30. The molecule has 1 rings (SSSR count). The molecular formula is C15H27N3O2. The molecule has 0 aliphatic rings. The van der Waals surface area contributed by atoms with E-state index in [1.54, 1.807) is 0 Å². The summed E-state index contributed by atoms with van der Waals surface area (Å²) in [6.45, 7) is 13.4. The first-order valence-electron chi connectivity index (χ1n) is 7.03. The van der Waals surface area contributed by atoms with E-state index in [4.69, 9.17) is 4.74 Å². The normalized spacial score (nSPS) is 12.0. The van der Waals surface area contributed by atoms with Gasteiger partial charge in [-0.15, -0.1) is 0 Å². The maximum Gasteiger partial charge on any atom is 0.313 e. The second kappa shape index (κ2) is 6.39. The molecule has 5 heteroatoms. The third kappa shape index (κ3) is 3.82. The van der Waals surface area contributed by atoms with Crippen molar-refractivity contribution in [3.05, 3.63) is 17.0 Å². The molecule has 1 heterocycles. The summed E-state index contributed by atoms with van der Waals surface area (Å²) < 4.78 is 6.76. The predicted octanol–water partition coefficient (Wildman–Crippen LogP) is 2.20. The number of aromatic nitrogens is 2. The molecule has 0 amide bonds. The van der Waals surface area contributed by atoms with Crippen LogP contribution in [0, 0.1) is 19.3 Å². The predicted molar refractivity (Wildman–Crippen MR) is 79.5 cm³/mol. The van der Waals surface area contributed by atoms with E-state index in [9.17, 15) is 4.79 Å². The van der Waals surface area contributed by atoms with Crippen LogP contribution < -0.4 is 5.32 Å². The molecule has 0 saturated heterocycles. The number of hydrogen-bond acceptors (Lipinski definition) is 4. The van der Waals surface area contributed by atoms with Gasteiger partial charge in [0.15, 0.2) is 0 Å². The molecule has 0 saturated carbocycles. The minimum atomic E-state index is -0.583. The summed E-state index contributed by atoms with van der Waals surface area (Å²) in [5.41, 5.74) is 2.74. The Morgan fingerprint density at radius 1 is 1.40 bits per heavy atom. The van der Waals surface area contributed by atoms with Crippen molar-refractivity contribution in [3.8, 4) is 0 Å². The molecule has 20 heavy (non-hydrogen) atoms. The maximum absolute atomic E-state index is 11.8. The summed E-state index contributed by atoms with van der Waals surface area (Å²) in [6, 6.07) is 0.434. The van der Waals surface area contributed by atoms with Crippen molar-refractivity contribution in [1.82, 2.24) is 15.1 Å². The van der Waals surface area contributed by atoms with Gasteiger partial charge in [0.1, 0.15) is 0 Å². The van der Waals surface area contributed by atoms with E-state index in [2.05, 4.69) is 24.3 Å². The van der Waals surface area contributed by atoms with E-state index in [1.165, 1.54) is 12.7 Å². The molecule has 1 aromatic rings. The van der Waals surface area contributed by atoms with Gasteiger partial charge in [0, 0.05) is 23.8 Å². The fourth-order valence-corrected chi connectivity index (χ4v) is 2.17. The lowest BCUT2D eigenvalue weighted by atomic mass is 9.94. The first kappa shape index (κ1) is 16.7. The maximum atomic E-state index is 11.8. The number of carbonyl (C=O) groups is 1. The Balaban J connectivity index is 2.93. The highest BCUT2D eigenvalue weighted by Crippen LogP contribution is 2.22. The van der Waals surface area contributed by atoms with Gasteiger partial charge in [-0.1, -0.05) is 13.8 Å². The van der Waals surface area contributed by atoms with Crippen molar-refractivity contribution < 1.29 is 9.53 Å². The third-order valence-electron chi connectivity index (χ3n) is 3.50. The number of nitrogens with zero attached hydrogens (tertiary/aromatic N) is 2. The summed E-state index contributed by atoms with van der Waals surface area (Å²) in [5, 5.41) is 7.97. The molecule has 0 aliphatic heterocycles. The van der Waals surface area contributed by atoms with Gasteiger partial charge in [-0.25, -0.2) is 0 Å². The summed E-state index contributed by atoms with van der Waals surface area (Å²) in [7, 11) is 1.42. The Bertz CT molecular complexity index is 476. The SMILES string of the molecule is COC(=O)C(C)(C)Cn1nc(C)c(CNC(C)C)c1C. The molecule has 1 N–H and O–H groups in total. The number of hydrogen-bond donors (Lipinski definition) is 1. The number of rotatable bonds is 6. The second-order valence-electron chi connectivity index (χ2n) is 6.22. The summed E-state index contributed by atoms with van der Waals surface area (Å²) in [6.07, 6.45) is 0. The highest BCUT2D eigenvalue weighted by molar-refractivity contribution is 5.75. The number of methoxy groups -OCH3 is 1. The zero-order valence-electron chi connectivity index (χ0n) is 13.7. The van der Waals surface area contributed by atoms with Gasteiger partial charge in [0.2, 0.25) is 0 Å². The van der Waals surface area contributed by atoms with Gasteiger partial charge in [0.05, 0.1) is 24.8 Å². The Kier molecular flexibility index (Phi) is 5.34. The molecule has 0 radical (unpaired) electrons. The van der Waals surface area contributed by atoms with Gasteiger partial charge in [-0.05, 0) is 27.7 Å². The molecule has 0 aromatic carbocycles. The summed E-state index contributed by atoms with van der Waals surface area (Å²) >= 11 is 0. The standard InChI is InChI=1S/C15H27N3O2/c1-10(2)16-8-13-11(3)17-18(12(13)4)9-15(5,6)14(19)20-7/h10,16H,8-9H2,1-7H3. The molecule has 0 atom stereocenters. The molecule has 1 aromatic heterocycles. The van der Waals surface area contributed by atoms with Crippen LogP contribution in [0.2, 0.25) is 0 Å². The van der Waals surface area contributed by atoms with Crippen LogP contribution in [0.25, 0.3) is 0 Å². The first-order valence-corrected chi connectivity index (χ1v) is 7.03. The van der Waals surface area contributed by atoms with Gasteiger partial charge in [-0.3, -0.25) is 9.48 Å². The lowest BCUT2D eigenvalue weighted by molar-refractivity contribution is -0.151. The largest absolute Gasteiger partial charge is 0.469 e. The van der Waals surface area contributed by atoms with Gasteiger partial charge in [0.25, 0.3) is 0 Å². The van der Waals surface area contributed by atoms with Crippen molar-refractivity contribution in [1.29, 1.82) is 0 Å². The molecule has 0 aliphatic carbocycles. The van der Waals surface area contributed by atoms with Crippen molar-refractivity contribution >= 4 is 5.97 Å². The van der Waals surface area contributed by atoms with Crippen LogP contribution in [0.1, 0.15) is 44.6 Å². The monoisotopic (exact) mass is 281 g/mol. The van der Waals surface area contributed by atoms with E-state index >= 15 is 0 Å². The van der Waals surface area contributed by atoms with Gasteiger partial charge in [-0.2, -0.15) is 5.10 Å². The van der Waals surface area contributed by atoms with Crippen molar-refractivity contribution in [2.75, 3.05) is 7.11 Å². The number of ether oxygens (including phenoxy) is 1. The van der Waals surface area contributed by atoms with E-state index in [-0.39, 0.29) is 5.97 Å². The molecule has 5 nitrogen and oxygen atoms in total. The minimum Gasteiger partial charge on any atom is -0.469 e. The van der Waals surface area contributed by atoms with E-state index in [0.717, 1.165) is 17.9 Å². The smallest absolute Gasteiger partial charge is 0.313 e. The zero-order chi connectivity index (χ0) is 15.5. The van der Waals surface area contributed by atoms with Crippen LogP contribution in [0.15, 0.2) is 0 Å². The molecule has 114 valence electrons. The van der Waals surface area contributed by atoms with Crippen LogP contribution in [0.3, 0.4) is 0 Å². The van der Waals surface area contributed by atoms with E-state index < -0.39 is 5.41 Å². The Morgan fingerprint density at radius 3 is 2.50 bits per heavy atom. The van der Waals surface area contributed by atoms with E-state index in [1.807, 2.05) is 32.4 Å². The van der Waals surface area contributed by atoms with Crippen LogP contribution in [0.4, 0.5) is 0 Å². The summed E-state index contributed by atoms with van der Waals surface area (Å²) in [5.74, 6) is -0.216. The second-order valence-corrected chi connectivity index (χ2v) is 6.22. The number of esters is 1. The minimum absolute atomic E-state index is 0.216. The first-order chi connectivity index (χ1) is 9.19. The van der Waals surface area contributed by atoms with Crippen molar-refractivity contribution in [2.24, 2.45) is 5.41 Å². The van der Waals surface area contributed by atoms with Crippen molar-refractivity contribution in [3.63, 3.8) is 0 Å². The topological polar surface area (TPSA) is 56.2 Å². The zero-order valence-corrected chi connectivity index (χ0v) is 13.7. The van der Waals surface area contributed by atoms with Crippen LogP contribution >= 0.6 is 0 Å². The molecule has 0 fully saturated rings. The average molecular weight is 281 g/mol. The van der Waals surface area contributed by atoms with Crippen LogP contribution in [0.5, 0.6) is 0 Å². The molecule has 0 spiro atoms. The average Bonchev–Trinajstić information content (AvgIpc) is 2.60. The molecule has 0 unspecified atom stereocenters. The van der Waals surface area contributed by atoms with E-state index in [0.29, 0.717) is 12.6 Å². The Hall–Kier alpha value is -1.36. The van der Waals surface area contributed by atoms with Crippen molar-refractivity contribution in [2.45, 2.75) is 60.7 Å². The summed E-state index contributed by atoms with van der Waals surface area (Å²) in [4.78, 5) is 11.8. The quantitative estimate of drug-likeness (QED) is 0.812. The lowest BCUT2D eigenvalue weighted by Crippen LogP contribution is -2.31. The number of carbonyl (C=O) groups excluding carboxylic acids is 1. The Morgan fingerprint density at radius 2 is 2.00 bits per heavy atom. The van der Waals surface area contributed by atoms with Gasteiger partial charge < -0.3 is 10.1 Å². The molecule has 0 bridgehead atoms. The third-order valence-corrected chi connectivity index (χ3v) is 3.50. The van der Waals surface area contributed by atoms with Gasteiger partial charge >= 0.3 is 5.97 Å². The van der Waals surface area contributed by atoms with Crippen LogP contribution in [-0.2, 0) is 22.6 Å². The fraction of sp³-hybridized carbons (Fsp3) is 0.733. The van der Waals surface area contributed by atoms with Crippen LogP contribution in [-0.4, -0.2) is 28.9 Å². The number of aryl methyl sites for hydroxylation is 1. The highest BCUT2D eigenvalue weighted by atomic mass is 16.5. The fourth-order valence-electron chi connectivity index (χ4n) is 2.17. The number of nitrogens with one attached hydrogen (secondary N) is 1. The molecular weight excluding hydrogens is 254 g/mol. The lowest BCUT2D eigenvalue weighted by Gasteiger charge is -2.22. The Labute approximate surface area is 121 Å².